The molecule has 1 aromatic heterocycles. The van der Waals surface area contributed by atoms with Crippen molar-refractivity contribution in [1.29, 1.82) is 0 Å². The van der Waals surface area contributed by atoms with Crippen LogP contribution in [0.4, 0.5) is 0 Å². The van der Waals surface area contributed by atoms with Crippen LogP contribution in [0.3, 0.4) is 0 Å². The molecule has 2 fully saturated rings. The van der Waals surface area contributed by atoms with E-state index in [2.05, 4.69) is 5.10 Å². The lowest BCUT2D eigenvalue weighted by Crippen LogP contribution is -2.39. The molecular formula is C14H21N3O5S. The van der Waals surface area contributed by atoms with Crippen LogP contribution in [0.1, 0.15) is 32.2 Å². The van der Waals surface area contributed by atoms with Gasteiger partial charge in [0.1, 0.15) is 4.90 Å². The molecule has 2 aliphatic rings. The molecule has 3 rings (SSSR count). The average Bonchev–Trinajstić information content (AvgIpc) is 3.24. The monoisotopic (exact) mass is 343 g/mol. The van der Waals surface area contributed by atoms with Crippen molar-refractivity contribution in [2.24, 2.45) is 5.92 Å². The Bertz CT molecular complexity index is 680. The molecule has 0 bridgehead atoms. The SMILES string of the molecule is CCC1C(C(=O)O)CCN1S(=O)(=O)c1cnn(C2CCOC2)c1. The van der Waals surface area contributed by atoms with E-state index in [1.165, 1.54) is 16.7 Å². The summed E-state index contributed by atoms with van der Waals surface area (Å²) in [5, 5.41) is 13.4. The number of aromatic nitrogens is 2. The first-order chi connectivity index (χ1) is 10.9. The lowest BCUT2D eigenvalue weighted by molar-refractivity contribution is -0.142. The average molecular weight is 343 g/mol. The number of carboxylic acid groups (broad SMARTS) is 1. The third-order valence-electron chi connectivity index (χ3n) is 4.69. The second-order valence-corrected chi connectivity index (χ2v) is 7.89. The van der Waals surface area contributed by atoms with Crippen LogP contribution in [-0.2, 0) is 19.6 Å². The molecule has 128 valence electrons. The Balaban J connectivity index is 1.85. The van der Waals surface area contributed by atoms with Gasteiger partial charge < -0.3 is 9.84 Å². The van der Waals surface area contributed by atoms with Crippen molar-refractivity contribution in [3.05, 3.63) is 12.4 Å². The quantitative estimate of drug-likeness (QED) is 0.845. The van der Waals surface area contributed by atoms with Gasteiger partial charge in [-0.3, -0.25) is 9.48 Å². The number of carboxylic acids is 1. The zero-order valence-electron chi connectivity index (χ0n) is 13.0. The Morgan fingerprint density at radius 2 is 2.26 bits per heavy atom. The van der Waals surface area contributed by atoms with Crippen molar-refractivity contribution in [3.63, 3.8) is 0 Å². The van der Waals surface area contributed by atoms with Crippen molar-refractivity contribution in [2.75, 3.05) is 19.8 Å². The molecular weight excluding hydrogens is 322 g/mol. The second-order valence-electron chi connectivity index (χ2n) is 6.00. The molecule has 2 saturated heterocycles. The summed E-state index contributed by atoms with van der Waals surface area (Å²) in [6.07, 6.45) is 4.49. The van der Waals surface area contributed by atoms with Gasteiger partial charge >= 0.3 is 5.97 Å². The van der Waals surface area contributed by atoms with Gasteiger partial charge in [0, 0.05) is 25.4 Å². The van der Waals surface area contributed by atoms with Crippen LogP contribution in [0.5, 0.6) is 0 Å². The minimum Gasteiger partial charge on any atom is -0.481 e. The first-order valence-corrected chi connectivity index (χ1v) is 9.25. The Morgan fingerprint density at radius 1 is 1.48 bits per heavy atom. The van der Waals surface area contributed by atoms with Crippen molar-refractivity contribution in [1.82, 2.24) is 14.1 Å². The van der Waals surface area contributed by atoms with Crippen LogP contribution >= 0.6 is 0 Å². The largest absolute Gasteiger partial charge is 0.481 e. The number of hydrogen-bond acceptors (Lipinski definition) is 5. The van der Waals surface area contributed by atoms with Gasteiger partial charge in [0.15, 0.2) is 0 Å². The topological polar surface area (TPSA) is 102 Å². The van der Waals surface area contributed by atoms with Crippen molar-refractivity contribution < 1.29 is 23.1 Å². The molecule has 3 heterocycles. The highest BCUT2D eigenvalue weighted by molar-refractivity contribution is 7.89. The maximum atomic E-state index is 12.8. The normalized spacial score (nSPS) is 29.2. The van der Waals surface area contributed by atoms with Gasteiger partial charge in [-0.2, -0.15) is 9.40 Å². The van der Waals surface area contributed by atoms with Crippen LogP contribution in [0.15, 0.2) is 17.3 Å². The zero-order chi connectivity index (χ0) is 16.6. The fourth-order valence-electron chi connectivity index (χ4n) is 3.42. The van der Waals surface area contributed by atoms with E-state index in [0.29, 0.717) is 26.1 Å². The standard InChI is InChI=1S/C14H21N3O5S/c1-2-13-12(14(18)19)3-5-17(13)23(20,21)11-7-15-16(8-11)10-4-6-22-9-10/h7-8,10,12-13H,2-6,9H2,1H3,(H,18,19). The molecule has 0 spiro atoms. The van der Waals surface area contributed by atoms with E-state index in [1.807, 2.05) is 6.92 Å². The molecule has 1 aromatic rings. The maximum absolute atomic E-state index is 12.8. The lowest BCUT2D eigenvalue weighted by Gasteiger charge is -2.24. The van der Waals surface area contributed by atoms with Gasteiger partial charge in [0.05, 0.1) is 24.8 Å². The number of nitrogens with zero attached hydrogens (tertiary/aromatic N) is 3. The summed E-state index contributed by atoms with van der Waals surface area (Å²) in [7, 11) is -3.73. The molecule has 0 aromatic carbocycles. The third kappa shape index (κ3) is 2.88. The van der Waals surface area contributed by atoms with Gasteiger partial charge in [-0.05, 0) is 19.3 Å². The van der Waals surface area contributed by atoms with E-state index in [4.69, 9.17) is 4.74 Å². The summed E-state index contributed by atoms with van der Waals surface area (Å²) in [6, 6.07) is -0.443. The zero-order valence-corrected chi connectivity index (χ0v) is 13.8. The van der Waals surface area contributed by atoms with Crippen LogP contribution in [0.2, 0.25) is 0 Å². The summed E-state index contributed by atoms with van der Waals surface area (Å²) in [6.45, 7) is 3.23. The lowest BCUT2D eigenvalue weighted by atomic mass is 9.99. The van der Waals surface area contributed by atoms with Gasteiger partial charge in [0.2, 0.25) is 10.0 Å². The number of hydrogen-bond donors (Lipinski definition) is 1. The summed E-state index contributed by atoms with van der Waals surface area (Å²) in [5.74, 6) is -1.58. The second kappa shape index (κ2) is 6.21. The first-order valence-electron chi connectivity index (χ1n) is 7.81. The van der Waals surface area contributed by atoms with Gasteiger partial charge in [-0.1, -0.05) is 6.92 Å². The number of carbonyl (C=O) groups is 1. The number of ether oxygens (including phenoxy) is 1. The van der Waals surface area contributed by atoms with E-state index >= 15 is 0 Å². The molecule has 0 aliphatic carbocycles. The Hall–Kier alpha value is -1.45. The molecule has 0 saturated carbocycles. The van der Waals surface area contributed by atoms with E-state index in [0.717, 1.165) is 6.42 Å². The van der Waals surface area contributed by atoms with Crippen molar-refractivity contribution >= 4 is 16.0 Å². The molecule has 2 aliphatic heterocycles. The highest BCUT2D eigenvalue weighted by atomic mass is 32.2. The van der Waals surface area contributed by atoms with E-state index in [-0.39, 0.29) is 17.5 Å². The smallest absolute Gasteiger partial charge is 0.308 e. The summed E-state index contributed by atoms with van der Waals surface area (Å²) in [5.41, 5.74) is 0. The Morgan fingerprint density at radius 3 is 2.87 bits per heavy atom. The molecule has 1 N–H and O–H groups in total. The highest BCUT2D eigenvalue weighted by Crippen LogP contribution is 2.32. The Labute approximate surface area is 135 Å². The Kier molecular flexibility index (Phi) is 4.43. The van der Waals surface area contributed by atoms with Gasteiger partial charge in [0.25, 0.3) is 0 Å². The number of sulfonamides is 1. The minimum absolute atomic E-state index is 0.0614. The highest BCUT2D eigenvalue weighted by Gasteiger charge is 2.44. The van der Waals surface area contributed by atoms with E-state index < -0.39 is 28.0 Å². The van der Waals surface area contributed by atoms with Crippen molar-refractivity contribution in [3.8, 4) is 0 Å². The van der Waals surface area contributed by atoms with E-state index in [1.54, 1.807) is 4.68 Å². The van der Waals surface area contributed by atoms with Crippen LogP contribution in [-0.4, -0.2) is 59.4 Å². The summed E-state index contributed by atoms with van der Waals surface area (Å²) < 4.78 is 33.9. The molecule has 0 amide bonds. The van der Waals surface area contributed by atoms with Crippen LogP contribution in [0, 0.1) is 5.92 Å². The number of aliphatic carboxylic acids is 1. The fraction of sp³-hybridized carbons (Fsp3) is 0.714. The molecule has 3 unspecified atom stereocenters. The maximum Gasteiger partial charge on any atom is 0.308 e. The van der Waals surface area contributed by atoms with Gasteiger partial charge in [-0.15, -0.1) is 0 Å². The molecule has 23 heavy (non-hydrogen) atoms. The van der Waals surface area contributed by atoms with E-state index in [9.17, 15) is 18.3 Å². The van der Waals surface area contributed by atoms with Crippen molar-refractivity contribution in [2.45, 2.75) is 43.2 Å². The minimum atomic E-state index is -3.73. The summed E-state index contributed by atoms with van der Waals surface area (Å²) >= 11 is 0. The predicted octanol–water partition coefficient (Wildman–Crippen LogP) is 0.718. The molecule has 0 radical (unpaired) electrons. The van der Waals surface area contributed by atoms with Crippen LogP contribution in [0.25, 0.3) is 0 Å². The molecule has 8 nitrogen and oxygen atoms in total. The predicted molar refractivity (Wildman–Crippen MR) is 80.4 cm³/mol. The third-order valence-corrected chi connectivity index (χ3v) is 6.57. The first kappa shape index (κ1) is 16.4. The fourth-order valence-corrected chi connectivity index (χ4v) is 5.11. The molecule has 3 atom stereocenters. The summed E-state index contributed by atoms with van der Waals surface area (Å²) in [4.78, 5) is 11.4. The number of rotatable bonds is 5. The van der Waals surface area contributed by atoms with Gasteiger partial charge in [-0.25, -0.2) is 8.42 Å². The van der Waals surface area contributed by atoms with Crippen LogP contribution < -0.4 is 0 Å². The molecule has 9 heteroatoms.